The third-order valence-corrected chi connectivity index (χ3v) is 25.9. The van der Waals surface area contributed by atoms with Gasteiger partial charge in [-0.15, -0.1) is 0 Å². The number of hydrogen-bond donors (Lipinski definition) is 35. The molecular weight excluding hydrogens is 2020 g/mol. The van der Waals surface area contributed by atoms with Crippen LogP contribution in [0.5, 0.6) is 0 Å². The van der Waals surface area contributed by atoms with E-state index in [-0.39, 0.29) is 0 Å². The third-order valence-electron chi connectivity index (χ3n) is 25.0. The Hall–Kier alpha value is -4.83. The van der Waals surface area contributed by atoms with Crippen molar-refractivity contribution in [2.45, 2.75) is 373 Å². The summed E-state index contributed by atoms with van der Waals surface area (Å²) in [5, 5.41) is 327. The lowest BCUT2D eigenvalue weighted by molar-refractivity contribution is -0.377. The van der Waals surface area contributed by atoms with Crippen molar-refractivity contribution in [3.63, 3.8) is 0 Å². The Morgan fingerprint density at radius 2 is 0.632 bits per heavy atom. The van der Waals surface area contributed by atoms with Crippen LogP contribution in [0, 0.1) is 0 Å². The second-order valence-electron chi connectivity index (χ2n) is 35.4. The molecule has 54 atom stereocenters. The van der Waals surface area contributed by atoms with E-state index in [0.717, 1.165) is 34.6 Å². The molecule has 0 saturated carbocycles. The van der Waals surface area contributed by atoms with Crippen LogP contribution >= 0.6 is 0 Å². The monoisotopic (exact) mass is 2150 g/mol. The predicted molar refractivity (Wildman–Crippen MR) is 442 cm³/mol. The average molecular weight is 2150 g/mol. The number of carbonyl (C=O) groups is 5. The molecule has 0 bridgehead atoms. The number of aliphatic hydroxyl groups excluding tert-OH is 28. The summed E-state index contributed by atoms with van der Waals surface area (Å²) in [6.07, 6.45) is -107. The highest BCUT2D eigenvalue weighted by Gasteiger charge is 2.62. The molecule has 10 fully saturated rings. The Kier molecular flexibility index (Phi) is 44.3. The van der Waals surface area contributed by atoms with Gasteiger partial charge in [0.05, 0.1) is 84.8 Å². The zero-order valence-corrected chi connectivity index (χ0v) is 78.5. The molecule has 10 heterocycles. The Morgan fingerprint density at radius 1 is 0.299 bits per heavy atom. The summed E-state index contributed by atoms with van der Waals surface area (Å²) in [6.45, 7) is -7.80. The Labute approximate surface area is 815 Å². The van der Waals surface area contributed by atoms with Gasteiger partial charge in [0.15, 0.2) is 62.9 Å². The van der Waals surface area contributed by atoms with Crippen molar-refractivity contribution in [2.75, 3.05) is 72.7 Å². The van der Waals surface area contributed by atoms with Gasteiger partial charge in [0.1, 0.15) is 256 Å². The van der Waals surface area contributed by atoms with Crippen molar-refractivity contribution in [2.24, 2.45) is 0 Å². The number of ether oxygens (including phenoxy) is 20. The molecule has 0 aliphatic carbocycles. The summed E-state index contributed by atoms with van der Waals surface area (Å²) in [7, 11) is -10.8. The second-order valence-corrected chi connectivity index (χ2v) is 37.5. The SMILES string of the molecule is CC(=O)NC(CO)C(OC1OC(COC2OC(COC3OC(CO)C(O)C(O)C3OC3OC(C)C(O)C(O)C3O)C(O)C(O)C2NC(C)=O)C(O)C(OC2OC(CO)C(OC3OC(CO)C(O)C(OS(=O)(=O)O)C3O)C(O)C2NC(C)=O)C1O)C(O)C(O)COC1OC(CO)C(OC2OC(CO)C(O)C(OC3OC(CO)C(O)C(OC4OC(COS(=O)(=O)O)C(O)C(O)C4O)C3NC(C)=O)C2O)C(O)C1NC(C)=O. The number of carbonyl (C=O) groups excluding carboxylic acids is 5. The molecule has 35 N–H and O–H groups in total. The fraction of sp³-hybridized carbons (Fsp3) is 0.934. The van der Waals surface area contributed by atoms with E-state index in [1.807, 2.05) is 0 Å². The first-order valence-electron chi connectivity index (χ1n) is 44.7. The zero-order chi connectivity index (χ0) is 107. The first-order valence-corrected chi connectivity index (χ1v) is 47.5. The molecule has 10 saturated heterocycles. The van der Waals surface area contributed by atoms with Gasteiger partial charge in [-0.3, -0.25) is 33.1 Å². The maximum atomic E-state index is 13.2. The fourth-order valence-electron chi connectivity index (χ4n) is 17.6. The molecule has 5 amide bonds. The van der Waals surface area contributed by atoms with Gasteiger partial charge in [0.2, 0.25) is 29.5 Å². The lowest BCUT2D eigenvalue weighted by Gasteiger charge is -2.50. The van der Waals surface area contributed by atoms with Crippen LogP contribution in [0.4, 0.5) is 0 Å². The van der Waals surface area contributed by atoms with Crippen LogP contribution in [0.3, 0.4) is 0 Å². The Morgan fingerprint density at radius 3 is 1.12 bits per heavy atom. The quantitative estimate of drug-likeness (QED) is 0.0252. The van der Waals surface area contributed by atoms with Gasteiger partial charge in [-0.1, -0.05) is 0 Å². The maximum Gasteiger partial charge on any atom is 0.397 e. The molecule has 10 aliphatic rings. The first kappa shape index (κ1) is 121. The van der Waals surface area contributed by atoms with Crippen LogP contribution in [-0.2, 0) is 148 Å². The molecule has 68 heteroatoms. The van der Waals surface area contributed by atoms with Crippen molar-refractivity contribution < 1.29 is 296 Å². The van der Waals surface area contributed by atoms with E-state index >= 15 is 0 Å². The van der Waals surface area contributed by atoms with Crippen LogP contribution in [0.1, 0.15) is 41.5 Å². The summed E-state index contributed by atoms with van der Waals surface area (Å²) in [5.41, 5.74) is 0. The zero-order valence-electron chi connectivity index (χ0n) is 76.8. The van der Waals surface area contributed by atoms with Gasteiger partial charge in [-0.25, -0.2) is 8.37 Å². The van der Waals surface area contributed by atoms with Crippen molar-refractivity contribution in [1.82, 2.24) is 26.6 Å². The summed E-state index contributed by atoms with van der Waals surface area (Å²) in [4.78, 5) is 65.3. The van der Waals surface area contributed by atoms with Crippen LogP contribution < -0.4 is 26.6 Å². The summed E-state index contributed by atoms with van der Waals surface area (Å²) in [6, 6.07) is -10.1. The van der Waals surface area contributed by atoms with Crippen molar-refractivity contribution in [1.29, 1.82) is 0 Å². The lowest BCUT2D eigenvalue weighted by Crippen LogP contribution is -2.70. The highest BCUT2D eigenvalue weighted by atomic mass is 32.3. The van der Waals surface area contributed by atoms with Crippen molar-refractivity contribution >= 4 is 50.3 Å². The van der Waals surface area contributed by atoms with Crippen LogP contribution in [0.15, 0.2) is 0 Å². The molecule has 836 valence electrons. The molecule has 66 nitrogen and oxygen atoms in total. The van der Waals surface area contributed by atoms with Gasteiger partial charge in [0, 0.05) is 34.6 Å². The van der Waals surface area contributed by atoms with Crippen molar-refractivity contribution in [3.05, 3.63) is 0 Å². The molecule has 10 rings (SSSR count). The number of amides is 5. The minimum absolute atomic E-state index is 0.839. The minimum atomic E-state index is -5.57. The van der Waals surface area contributed by atoms with Crippen LogP contribution in [0.25, 0.3) is 0 Å². The van der Waals surface area contributed by atoms with E-state index in [9.17, 15) is 193 Å². The van der Waals surface area contributed by atoms with Gasteiger partial charge in [-0.05, 0) is 6.92 Å². The average Bonchev–Trinajstić information content (AvgIpc) is 0.727. The van der Waals surface area contributed by atoms with E-state index in [1.165, 1.54) is 6.92 Å². The van der Waals surface area contributed by atoms with Crippen molar-refractivity contribution in [3.8, 4) is 0 Å². The highest BCUT2D eigenvalue weighted by Crippen LogP contribution is 2.41. The van der Waals surface area contributed by atoms with E-state index in [0.29, 0.717) is 0 Å². The van der Waals surface area contributed by atoms with E-state index in [2.05, 4.69) is 35.0 Å². The minimum Gasteiger partial charge on any atom is -0.394 e. The van der Waals surface area contributed by atoms with E-state index in [4.69, 9.17) is 94.7 Å². The summed E-state index contributed by atoms with van der Waals surface area (Å²) in [5.74, 6) is -5.16. The molecule has 0 radical (unpaired) electrons. The van der Waals surface area contributed by atoms with Crippen LogP contribution in [-0.4, -0.2) is 602 Å². The molecule has 0 aromatic heterocycles. The van der Waals surface area contributed by atoms with Gasteiger partial charge >= 0.3 is 20.8 Å². The highest BCUT2D eigenvalue weighted by molar-refractivity contribution is 7.81. The largest absolute Gasteiger partial charge is 0.397 e. The molecule has 0 spiro atoms. The standard InChI is InChI=1S/C76H129N5O61S2/c1-18-39(95)51(107)54(110)71(125-18)141-66-53(109)41(97)26(8-83)129-76(66)123-15-32-42(98)48(104)35(78-20(3)90)67(132-32)122-16-33-47(103)64(139-69-37(80-22(5)92)50(106)61(31(13-88)131-69)137-75-58(114)65(142-144(118,119)120)46(102)29(11-86)128-75)57(113)74(133-33)135-59(24(7-82)77-19(2)89)40(96)25(94)14-121-68-36(79-21(4)91)49(105)60(30(12-87)130-68)136-73-56(112)63(45(101)28(10-85)127-73)140-70-38(81-23(6)93)62(44(100)27(9-84)126-70)138-72-55(111)52(108)43(99)34(134-72)17-124-143(115,116)117/h18,24-76,82-88,94-114H,7-17H2,1-6H3,(H,77,89)(H,78,90)(H,79,91)(H,80,92)(H,81,93)(H,115,116,117)(H,118,119,120). The second kappa shape index (κ2) is 52.7. The molecular formula is C76H129N5O61S2. The smallest absolute Gasteiger partial charge is 0.394 e. The number of hydrogen-bond acceptors (Lipinski definition) is 59. The van der Waals surface area contributed by atoms with Gasteiger partial charge < -0.3 is 264 Å². The number of nitrogens with one attached hydrogen (secondary N) is 5. The topological polar surface area (TPSA) is 1020 Å². The molecule has 10 aliphatic heterocycles. The Bertz CT molecular complexity index is 4280. The molecule has 144 heavy (non-hydrogen) atoms. The summed E-state index contributed by atoms with van der Waals surface area (Å²) < 4.78 is 192. The molecule has 0 aromatic carbocycles. The van der Waals surface area contributed by atoms with Gasteiger partial charge in [-0.2, -0.15) is 16.8 Å². The third kappa shape index (κ3) is 29.2. The fourth-order valence-corrected chi connectivity index (χ4v) is 18.4. The first-order chi connectivity index (χ1) is 67.6. The van der Waals surface area contributed by atoms with Gasteiger partial charge in [0.25, 0.3) is 0 Å². The number of rotatable bonds is 43. The van der Waals surface area contributed by atoms with Crippen LogP contribution in [0.2, 0.25) is 0 Å². The molecule has 0 aromatic rings. The normalized spacial score (nSPS) is 45.0. The molecule has 54 unspecified atom stereocenters. The predicted octanol–water partition coefficient (Wildman–Crippen LogP) is -23.9. The van der Waals surface area contributed by atoms with E-state index in [1.54, 1.807) is 0 Å². The maximum absolute atomic E-state index is 13.2. The Balaban J connectivity index is 0.925. The lowest BCUT2D eigenvalue weighted by atomic mass is 9.94. The number of aliphatic hydroxyl groups is 28. The summed E-state index contributed by atoms with van der Waals surface area (Å²) >= 11 is 0. The van der Waals surface area contributed by atoms with E-state index < -0.39 is 454 Å².